The molecular weight excluding hydrogens is 302 g/mol. The minimum Gasteiger partial charge on any atom is -0.495 e. The molecule has 0 unspecified atom stereocenters. The number of amides is 1. The molecule has 0 atom stereocenters. The Morgan fingerprint density at radius 2 is 2.18 bits per heavy atom. The number of benzene rings is 1. The van der Waals surface area contributed by atoms with Crippen LogP contribution in [0.25, 0.3) is 0 Å². The van der Waals surface area contributed by atoms with E-state index in [0.717, 1.165) is 17.2 Å². The third-order valence-corrected chi connectivity index (χ3v) is 3.80. The van der Waals surface area contributed by atoms with E-state index in [1.165, 1.54) is 11.8 Å². The molecular formula is C12H12BrNO2S. The van der Waals surface area contributed by atoms with E-state index in [4.69, 9.17) is 4.74 Å². The molecule has 0 radical (unpaired) electrons. The standard InChI is InChI=1S/C12H12BrNO2S/c13-8-10-11(17-7-6-16-10)12(15)14-9-4-2-1-3-5-9/h1-5H,6-8H2,(H,14,15). The Labute approximate surface area is 113 Å². The van der Waals surface area contributed by atoms with Gasteiger partial charge in [-0.2, -0.15) is 0 Å². The molecule has 90 valence electrons. The van der Waals surface area contributed by atoms with Gasteiger partial charge in [0.15, 0.2) is 0 Å². The van der Waals surface area contributed by atoms with Gasteiger partial charge in [-0.1, -0.05) is 34.1 Å². The van der Waals surface area contributed by atoms with Crippen LogP contribution in [0.3, 0.4) is 0 Å². The molecule has 1 aliphatic heterocycles. The number of hydrogen-bond donors (Lipinski definition) is 1. The highest BCUT2D eigenvalue weighted by Crippen LogP contribution is 2.27. The second-order valence-electron chi connectivity index (χ2n) is 3.40. The summed E-state index contributed by atoms with van der Waals surface area (Å²) in [6.45, 7) is 0.660. The van der Waals surface area contributed by atoms with E-state index in [9.17, 15) is 4.79 Å². The van der Waals surface area contributed by atoms with Crippen LogP contribution in [0.15, 0.2) is 41.0 Å². The molecule has 3 nitrogen and oxygen atoms in total. The number of rotatable bonds is 3. The number of hydrogen-bond acceptors (Lipinski definition) is 3. The zero-order chi connectivity index (χ0) is 12.1. The van der Waals surface area contributed by atoms with Gasteiger partial charge in [0.2, 0.25) is 0 Å². The lowest BCUT2D eigenvalue weighted by Crippen LogP contribution is -2.19. The highest BCUT2D eigenvalue weighted by atomic mass is 79.9. The summed E-state index contributed by atoms with van der Waals surface area (Å²) in [6.07, 6.45) is 0. The van der Waals surface area contributed by atoms with Crippen LogP contribution >= 0.6 is 27.7 Å². The van der Waals surface area contributed by atoms with Crippen molar-refractivity contribution in [2.24, 2.45) is 0 Å². The van der Waals surface area contributed by atoms with Crippen molar-refractivity contribution in [3.8, 4) is 0 Å². The van der Waals surface area contributed by atoms with Gasteiger partial charge in [-0.05, 0) is 12.1 Å². The Kier molecular flexibility index (Phi) is 4.50. The van der Waals surface area contributed by atoms with Gasteiger partial charge in [-0.3, -0.25) is 4.79 Å². The van der Waals surface area contributed by atoms with Crippen molar-refractivity contribution in [2.45, 2.75) is 0 Å². The molecule has 0 saturated carbocycles. The van der Waals surface area contributed by atoms with Crippen molar-refractivity contribution in [1.29, 1.82) is 0 Å². The Bertz CT molecular complexity index is 433. The molecule has 0 aliphatic carbocycles. The molecule has 0 saturated heterocycles. The van der Waals surface area contributed by atoms with E-state index in [1.807, 2.05) is 30.3 Å². The van der Waals surface area contributed by atoms with Gasteiger partial charge in [-0.15, -0.1) is 11.8 Å². The van der Waals surface area contributed by atoms with E-state index in [-0.39, 0.29) is 5.91 Å². The summed E-state index contributed by atoms with van der Waals surface area (Å²) in [4.78, 5) is 12.7. The maximum Gasteiger partial charge on any atom is 0.265 e. The topological polar surface area (TPSA) is 38.3 Å². The smallest absolute Gasteiger partial charge is 0.265 e. The third kappa shape index (κ3) is 3.26. The van der Waals surface area contributed by atoms with Gasteiger partial charge >= 0.3 is 0 Å². The van der Waals surface area contributed by atoms with Crippen LogP contribution in [0.5, 0.6) is 0 Å². The summed E-state index contributed by atoms with van der Waals surface area (Å²) < 4.78 is 5.45. The maximum atomic E-state index is 12.0. The van der Waals surface area contributed by atoms with Crippen molar-refractivity contribution in [1.82, 2.24) is 0 Å². The van der Waals surface area contributed by atoms with E-state index >= 15 is 0 Å². The monoisotopic (exact) mass is 313 g/mol. The molecule has 1 aromatic rings. The number of para-hydroxylation sites is 1. The highest BCUT2D eigenvalue weighted by Gasteiger charge is 2.20. The van der Waals surface area contributed by atoms with E-state index in [2.05, 4.69) is 21.2 Å². The van der Waals surface area contributed by atoms with Gasteiger partial charge in [0, 0.05) is 11.4 Å². The molecule has 2 rings (SSSR count). The maximum absolute atomic E-state index is 12.0. The van der Waals surface area contributed by atoms with Gasteiger partial charge < -0.3 is 10.1 Å². The van der Waals surface area contributed by atoms with Crippen molar-refractivity contribution in [2.75, 3.05) is 23.0 Å². The average molecular weight is 314 g/mol. The van der Waals surface area contributed by atoms with Gasteiger partial charge in [0.05, 0.1) is 11.9 Å². The molecule has 0 fully saturated rings. The summed E-state index contributed by atoms with van der Waals surface area (Å²) in [5.41, 5.74) is 0.796. The fraction of sp³-hybridized carbons (Fsp3) is 0.250. The fourth-order valence-electron chi connectivity index (χ4n) is 1.46. The first kappa shape index (κ1) is 12.5. The molecule has 5 heteroatoms. The molecule has 1 amide bonds. The molecule has 1 aliphatic rings. The molecule has 1 N–H and O–H groups in total. The number of anilines is 1. The number of halogens is 1. The quantitative estimate of drug-likeness (QED) is 0.872. The largest absolute Gasteiger partial charge is 0.495 e. The molecule has 0 spiro atoms. The van der Waals surface area contributed by atoms with Gasteiger partial charge in [0.1, 0.15) is 10.7 Å². The number of ether oxygens (including phenoxy) is 1. The Hall–Kier alpha value is -0.940. The minimum absolute atomic E-state index is 0.102. The second-order valence-corrected chi connectivity index (χ2v) is 5.07. The molecule has 0 aromatic heterocycles. The van der Waals surface area contributed by atoms with Gasteiger partial charge in [-0.25, -0.2) is 0 Å². The number of alkyl halides is 1. The van der Waals surface area contributed by atoms with Crippen LogP contribution < -0.4 is 5.32 Å². The number of carbonyl (C=O) groups excluding carboxylic acids is 1. The number of thioether (sulfide) groups is 1. The number of allylic oxidation sites excluding steroid dienone is 1. The normalized spacial score (nSPS) is 15.4. The Morgan fingerprint density at radius 1 is 1.41 bits per heavy atom. The third-order valence-electron chi connectivity index (χ3n) is 2.22. The first-order chi connectivity index (χ1) is 8.31. The van der Waals surface area contributed by atoms with Crippen LogP contribution in [-0.2, 0) is 9.53 Å². The molecule has 1 heterocycles. The van der Waals surface area contributed by atoms with Crippen LogP contribution in [0.2, 0.25) is 0 Å². The van der Waals surface area contributed by atoms with E-state index < -0.39 is 0 Å². The highest BCUT2D eigenvalue weighted by molar-refractivity contribution is 9.09. The van der Waals surface area contributed by atoms with E-state index in [1.54, 1.807) is 0 Å². The van der Waals surface area contributed by atoms with Crippen molar-refractivity contribution in [3.63, 3.8) is 0 Å². The Balaban J connectivity index is 2.12. The first-order valence-electron chi connectivity index (χ1n) is 5.22. The Morgan fingerprint density at radius 3 is 2.88 bits per heavy atom. The van der Waals surface area contributed by atoms with Crippen molar-refractivity contribution < 1.29 is 9.53 Å². The van der Waals surface area contributed by atoms with E-state index in [0.29, 0.717) is 16.8 Å². The summed E-state index contributed by atoms with van der Waals surface area (Å²) in [5.74, 6) is 1.43. The molecule has 1 aromatic carbocycles. The zero-order valence-corrected chi connectivity index (χ0v) is 11.5. The van der Waals surface area contributed by atoms with Crippen LogP contribution in [0, 0.1) is 0 Å². The predicted molar refractivity (Wildman–Crippen MR) is 74.3 cm³/mol. The predicted octanol–water partition coefficient (Wildman–Crippen LogP) is 3.00. The zero-order valence-electron chi connectivity index (χ0n) is 9.11. The molecule has 17 heavy (non-hydrogen) atoms. The van der Waals surface area contributed by atoms with Crippen LogP contribution in [0.4, 0.5) is 5.69 Å². The summed E-state index contributed by atoms with van der Waals surface area (Å²) in [6, 6.07) is 9.42. The lowest BCUT2D eigenvalue weighted by atomic mass is 10.3. The SMILES string of the molecule is O=C(Nc1ccccc1)C1=C(CBr)OCCS1. The second kappa shape index (κ2) is 6.12. The summed E-state index contributed by atoms with van der Waals surface area (Å²) >= 11 is 4.86. The fourth-order valence-corrected chi connectivity index (χ4v) is 2.93. The van der Waals surface area contributed by atoms with Crippen LogP contribution in [-0.4, -0.2) is 23.6 Å². The number of carbonyl (C=O) groups is 1. The minimum atomic E-state index is -0.102. The van der Waals surface area contributed by atoms with Crippen molar-refractivity contribution >= 4 is 39.3 Å². The first-order valence-corrected chi connectivity index (χ1v) is 7.33. The summed E-state index contributed by atoms with van der Waals surface area (Å²) in [5, 5.41) is 3.42. The lowest BCUT2D eigenvalue weighted by Gasteiger charge is -2.19. The average Bonchev–Trinajstić information content (AvgIpc) is 2.40. The van der Waals surface area contributed by atoms with Crippen molar-refractivity contribution in [3.05, 3.63) is 41.0 Å². The van der Waals surface area contributed by atoms with Crippen LogP contribution in [0.1, 0.15) is 0 Å². The molecule has 0 bridgehead atoms. The lowest BCUT2D eigenvalue weighted by molar-refractivity contribution is -0.112. The summed E-state index contributed by atoms with van der Waals surface area (Å²) in [7, 11) is 0. The van der Waals surface area contributed by atoms with Gasteiger partial charge in [0.25, 0.3) is 5.91 Å². The number of nitrogens with one attached hydrogen (secondary N) is 1.